The number of hydrogen-bond donors (Lipinski definition) is 2. The van der Waals surface area contributed by atoms with E-state index in [9.17, 15) is 9.90 Å². The maximum atomic E-state index is 12.6. The van der Waals surface area contributed by atoms with Crippen molar-refractivity contribution < 1.29 is 9.90 Å². The van der Waals surface area contributed by atoms with Crippen molar-refractivity contribution in [1.82, 2.24) is 19.8 Å². The summed E-state index contributed by atoms with van der Waals surface area (Å²) in [5, 5.41) is 10.8. The number of likely N-dealkylation sites (tertiary alicyclic amines) is 1. The Morgan fingerprint density at radius 1 is 1.55 bits per heavy atom. The van der Waals surface area contributed by atoms with Crippen LogP contribution in [0.1, 0.15) is 37.2 Å². The van der Waals surface area contributed by atoms with Crippen molar-refractivity contribution in [2.45, 2.75) is 44.8 Å². The lowest BCUT2D eigenvalue weighted by molar-refractivity contribution is -0.159. The first-order chi connectivity index (χ1) is 10.5. The van der Waals surface area contributed by atoms with Gasteiger partial charge in [-0.2, -0.15) is 0 Å². The summed E-state index contributed by atoms with van der Waals surface area (Å²) in [6, 6.07) is 0. The van der Waals surface area contributed by atoms with E-state index in [4.69, 9.17) is 0 Å². The molecule has 122 valence electrons. The van der Waals surface area contributed by atoms with Gasteiger partial charge in [0.1, 0.15) is 5.82 Å². The molecule has 1 aliphatic heterocycles. The summed E-state index contributed by atoms with van der Waals surface area (Å²) in [7, 11) is 1.92. The smallest absolute Gasteiger partial charge is 0.255 e. The molecule has 1 saturated carbocycles. The minimum absolute atomic E-state index is 0.0897. The summed E-state index contributed by atoms with van der Waals surface area (Å²) in [4.78, 5) is 23.9. The molecule has 2 fully saturated rings. The van der Waals surface area contributed by atoms with Crippen LogP contribution in [-0.2, 0) is 11.3 Å². The molecule has 0 bridgehead atoms. The zero-order valence-electron chi connectivity index (χ0n) is 13.5. The first kappa shape index (κ1) is 15.5. The third-order valence-corrected chi connectivity index (χ3v) is 4.59. The average molecular weight is 306 g/mol. The van der Waals surface area contributed by atoms with Crippen molar-refractivity contribution in [3.05, 3.63) is 17.7 Å². The molecule has 0 radical (unpaired) electrons. The molecule has 0 aromatic carbocycles. The Morgan fingerprint density at radius 2 is 2.32 bits per heavy atom. The SMILES string of the molecule is Cc1cnc(CN(C)CC2(O)CCCN(CC3CC3)C2=O)[nH]1. The van der Waals surface area contributed by atoms with Gasteiger partial charge in [0.15, 0.2) is 5.60 Å². The molecular formula is C16H26N4O2. The number of aromatic amines is 1. The molecule has 6 nitrogen and oxygen atoms in total. The van der Waals surface area contributed by atoms with Gasteiger partial charge in [0, 0.05) is 31.5 Å². The Hall–Kier alpha value is -1.40. The topological polar surface area (TPSA) is 72.5 Å². The molecule has 1 atom stereocenters. The molecule has 2 N–H and O–H groups in total. The summed E-state index contributed by atoms with van der Waals surface area (Å²) in [6.07, 6.45) is 5.66. The van der Waals surface area contributed by atoms with Crippen molar-refractivity contribution in [1.29, 1.82) is 0 Å². The molecular weight excluding hydrogens is 280 g/mol. The number of nitrogens with one attached hydrogen (secondary N) is 1. The number of H-pyrrole nitrogens is 1. The van der Waals surface area contributed by atoms with Crippen LogP contribution in [0.15, 0.2) is 6.20 Å². The summed E-state index contributed by atoms with van der Waals surface area (Å²) in [5.74, 6) is 1.44. The van der Waals surface area contributed by atoms with Crippen molar-refractivity contribution in [3.8, 4) is 0 Å². The zero-order chi connectivity index (χ0) is 15.7. The van der Waals surface area contributed by atoms with Crippen molar-refractivity contribution in [3.63, 3.8) is 0 Å². The maximum Gasteiger partial charge on any atom is 0.255 e. The van der Waals surface area contributed by atoms with Crippen molar-refractivity contribution >= 4 is 5.91 Å². The van der Waals surface area contributed by atoms with E-state index in [1.165, 1.54) is 12.8 Å². The van der Waals surface area contributed by atoms with Crippen LogP contribution < -0.4 is 0 Å². The molecule has 3 rings (SSSR count). The van der Waals surface area contributed by atoms with Gasteiger partial charge in [0.2, 0.25) is 0 Å². The number of carbonyl (C=O) groups excluding carboxylic acids is 1. The predicted octanol–water partition coefficient (Wildman–Crippen LogP) is 0.913. The fourth-order valence-electron chi connectivity index (χ4n) is 3.30. The lowest BCUT2D eigenvalue weighted by atomic mass is 9.91. The van der Waals surface area contributed by atoms with E-state index in [0.29, 0.717) is 25.4 Å². The second-order valence-corrected chi connectivity index (χ2v) is 7.01. The minimum Gasteiger partial charge on any atom is -0.379 e. The highest BCUT2D eigenvalue weighted by molar-refractivity contribution is 5.86. The maximum absolute atomic E-state index is 12.6. The number of piperidine rings is 1. The number of aromatic nitrogens is 2. The number of amides is 1. The lowest BCUT2D eigenvalue weighted by Gasteiger charge is -2.40. The molecule has 6 heteroatoms. The molecule has 1 unspecified atom stereocenters. The Bertz CT molecular complexity index is 540. The highest BCUT2D eigenvalue weighted by atomic mass is 16.3. The van der Waals surface area contributed by atoms with E-state index < -0.39 is 5.60 Å². The molecule has 1 aromatic rings. The fourth-order valence-corrected chi connectivity index (χ4v) is 3.30. The van der Waals surface area contributed by atoms with Gasteiger partial charge in [-0.3, -0.25) is 9.69 Å². The number of carbonyl (C=O) groups is 1. The number of likely N-dealkylation sites (N-methyl/N-ethyl adjacent to an activating group) is 1. The van der Waals surface area contributed by atoms with Crippen LogP contribution in [0, 0.1) is 12.8 Å². The molecule has 2 aliphatic rings. The summed E-state index contributed by atoms with van der Waals surface area (Å²) in [6.45, 7) is 4.53. The first-order valence-corrected chi connectivity index (χ1v) is 8.17. The third kappa shape index (κ3) is 3.50. The second-order valence-electron chi connectivity index (χ2n) is 7.01. The molecule has 22 heavy (non-hydrogen) atoms. The van der Waals surface area contributed by atoms with Gasteiger partial charge in [0.05, 0.1) is 6.54 Å². The number of nitrogens with zero attached hydrogens (tertiary/aromatic N) is 3. The fraction of sp³-hybridized carbons (Fsp3) is 0.750. The van der Waals surface area contributed by atoms with Gasteiger partial charge >= 0.3 is 0 Å². The number of rotatable bonds is 6. The van der Waals surface area contributed by atoms with Gasteiger partial charge in [-0.1, -0.05) is 0 Å². The molecule has 1 aromatic heterocycles. The van der Waals surface area contributed by atoms with Crippen LogP contribution in [0.25, 0.3) is 0 Å². The van der Waals surface area contributed by atoms with E-state index >= 15 is 0 Å². The second kappa shape index (κ2) is 6.01. The predicted molar refractivity (Wildman–Crippen MR) is 83.1 cm³/mol. The van der Waals surface area contributed by atoms with Gasteiger partial charge in [0.25, 0.3) is 5.91 Å². The third-order valence-electron chi connectivity index (χ3n) is 4.59. The highest BCUT2D eigenvalue weighted by Crippen LogP contribution is 2.32. The van der Waals surface area contributed by atoms with E-state index in [0.717, 1.165) is 31.0 Å². The number of imidazole rings is 1. The largest absolute Gasteiger partial charge is 0.379 e. The number of hydrogen-bond acceptors (Lipinski definition) is 4. The Labute approximate surface area is 131 Å². The zero-order valence-corrected chi connectivity index (χ0v) is 13.5. The van der Waals surface area contributed by atoms with Crippen LogP contribution in [0.5, 0.6) is 0 Å². The minimum atomic E-state index is -1.25. The van der Waals surface area contributed by atoms with Gasteiger partial charge in [-0.05, 0) is 45.6 Å². The Balaban J connectivity index is 1.59. The quantitative estimate of drug-likeness (QED) is 0.819. The van der Waals surface area contributed by atoms with Crippen LogP contribution in [0.2, 0.25) is 0 Å². The van der Waals surface area contributed by atoms with Crippen molar-refractivity contribution in [2.24, 2.45) is 5.92 Å². The van der Waals surface area contributed by atoms with Gasteiger partial charge < -0.3 is 15.0 Å². The molecule has 2 heterocycles. The summed E-state index contributed by atoms with van der Waals surface area (Å²) in [5.41, 5.74) is -0.227. The molecule has 0 spiro atoms. The monoisotopic (exact) mass is 306 g/mol. The van der Waals surface area contributed by atoms with Gasteiger partial charge in [-0.15, -0.1) is 0 Å². The van der Waals surface area contributed by atoms with Crippen LogP contribution in [0.4, 0.5) is 0 Å². The molecule has 1 aliphatic carbocycles. The average Bonchev–Trinajstić information content (AvgIpc) is 3.17. The highest BCUT2D eigenvalue weighted by Gasteiger charge is 2.44. The summed E-state index contributed by atoms with van der Waals surface area (Å²) < 4.78 is 0. The number of aryl methyl sites for hydroxylation is 1. The van der Waals surface area contributed by atoms with Crippen LogP contribution in [0.3, 0.4) is 0 Å². The normalized spacial score (nSPS) is 26.0. The molecule has 1 amide bonds. The van der Waals surface area contributed by atoms with E-state index in [-0.39, 0.29) is 5.91 Å². The van der Waals surface area contributed by atoms with E-state index in [1.54, 1.807) is 6.20 Å². The van der Waals surface area contributed by atoms with Crippen LogP contribution in [-0.4, -0.2) is 63.1 Å². The van der Waals surface area contributed by atoms with E-state index in [1.807, 2.05) is 23.8 Å². The summed E-state index contributed by atoms with van der Waals surface area (Å²) >= 11 is 0. The van der Waals surface area contributed by atoms with Gasteiger partial charge in [-0.25, -0.2) is 4.98 Å². The molecule has 1 saturated heterocycles. The lowest BCUT2D eigenvalue weighted by Crippen LogP contribution is -2.58. The standard InChI is InChI=1S/C16H26N4O2/c1-12-8-17-14(18-12)10-19(2)11-16(22)6-3-7-20(15(16)21)9-13-4-5-13/h8,13,22H,3-7,9-11H2,1-2H3,(H,17,18). The van der Waals surface area contributed by atoms with Crippen molar-refractivity contribution in [2.75, 3.05) is 26.7 Å². The van der Waals surface area contributed by atoms with E-state index in [2.05, 4.69) is 9.97 Å². The first-order valence-electron chi connectivity index (χ1n) is 8.17. The number of aliphatic hydroxyl groups is 1. The Morgan fingerprint density at radius 3 is 2.95 bits per heavy atom. The van der Waals surface area contributed by atoms with Crippen LogP contribution >= 0.6 is 0 Å². The Kier molecular flexibility index (Phi) is 4.23.